The van der Waals surface area contributed by atoms with Gasteiger partial charge in [-0.25, -0.2) is 0 Å². The first kappa shape index (κ1) is 11.9. The molecular weight excluding hydrogens is 218 g/mol. The summed E-state index contributed by atoms with van der Waals surface area (Å²) in [5.74, 6) is 0.418. The van der Waals surface area contributed by atoms with E-state index in [-0.39, 0.29) is 17.8 Å². The number of hydrogen-bond acceptors (Lipinski definition) is 4. The number of piperidine rings is 1. The third-order valence-electron chi connectivity index (χ3n) is 3.25. The number of esters is 1. The Bertz CT molecular complexity index is 388. The predicted molar refractivity (Wildman–Crippen MR) is 63.9 cm³/mol. The molecule has 0 aliphatic carbocycles. The summed E-state index contributed by atoms with van der Waals surface area (Å²) in [5.41, 5.74) is 1.17. The second-order valence-corrected chi connectivity index (χ2v) is 4.34. The van der Waals surface area contributed by atoms with Crippen LogP contribution < -0.4 is 5.32 Å². The molecule has 0 amide bonds. The highest BCUT2D eigenvalue weighted by atomic mass is 16.5. The van der Waals surface area contributed by atoms with Crippen molar-refractivity contribution in [3.05, 3.63) is 29.8 Å². The maximum atomic E-state index is 11.5. The first-order valence-corrected chi connectivity index (χ1v) is 5.81. The Morgan fingerprint density at radius 2 is 2.12 bits per heavy atom. The summed E-state index contributed by atoms with van der Waals surface area (Å²) < 4.78 is 4.75. The van der Waals surface area contributed by atoms with Gasteiger partial charge in [0.15, 0.2) is 0 Å². The lowest BCUT2D eigenvalue weighted by Gasteiger charge is -2.28. The Labute approximate surface area is 101 Å². The molecule has 0 spiro atoms. The van der Waals surface area contributed by atoms with E-state index >= 15 is 0 Å². The van der Waals surface area contributed by atoms with Crippen LogP contribution in [-0.4, -0.2) is 30.8 Å². The third kappa shape index (κ3) is 2.77. The van der Waals surface area contributed by atoms with Crippen LogP contribution in [0.5, 0.6) is 5.75 Å². The number of nitrogens with one attached hydrogen (secondary N) is 1. The van der Waals surface area contributed by atoms with Gasteiger partial charge in [-0.1, -0.05) is 12.1 Å². The van der Waals surface area contributed by atoms with Crippen LogP contribution in [0.4, 0.5) is 0 Å². The third-order valence-corrected chi connectivity index (χ3v) is 3.25. The molecule has 4 nitrogen and oxygen atoms in total. The van der Waals surface area contributed by atoms with E-state index in [0.29, 0.717) is 5.92 Å². The van der Waals surface area contributed by atoms with Crippen LogP contribution >= 0.6 is 0 Å². The number of hydrogen-bond donors (Lipinski definition) is 2. The molecule has 0 bridgehead atoms. The lowest BCUT2D eigenvalue weighted by Crippen LogP contribution is -2.43. The molecule has 4 heteroatoms. The highest BCUT2D eigenvalue weighted by Crippen LogP contribution is 2.29. The smallest absolute Gasteiger partial charge is 0.322 e. The van der Waals surface area contributed by atoms with Crippen molar-refractivity contribution in [2.24, 2.45) is 0 Å². The quantitative estimate of drug-likeness (QED) is 0.761. The van der Waals surface area contributed by atoms with Crippen LogP contribution in [0.1, 0.15) is 24.3 Å². The van der Waals surface area contributed by atoms with Crippen LogP contribution in [0.2, 0.25) is 0 Å². The van der Waals surface area contributed by atoms with E-state index in [9.17, 15) is 9.90 Å². The number of carbonyl (C=O) groups excluding carboxylic acids is 1. The molecule has 0 aromatic heterocycles. The van der Waals surface area contributed by atoms with Gasteiger partial charge in [0.1, 0.15) is 11.8 Å². The van der Waals surface area contributed by atoms with Gasteiger partial charge in [-0.2, -0.15) is 0 Å². The summed E-state index contributed by atoms with van der Waals surface area (Å²) in [7, 11) is 1.41. The van der Waals surface area contributed by atoms with Crippen LogP contribution in [0.25, 0.3) is 0 Å². The summed E-state index contributed by atoms with van der Waals surface area (Å²) in [6, 6.07) is 6.99. The van der Waals surface area contributed by atoms with Crippen LogP contribution in [0, 0.1) is 0 Å². The van der Waals surface area contributed by atoms with Gasteiger partial charge < -0.3 is 15.2 Å². The van der Waals surface area contributed by atoms with Crippen molar-refractivity contribution in [1.82, 2.24) is 5.32 Å². The van der Waals surface area contributed by atoms with Gasteiger partial charge in [0.25, 0.3) is 0 Å². The summed E-state index contributed by atoms with van der Waals surface area (Å²) in [6.45, 7) is 0.811. The standard InChI is InChI=1S/C13H17NO3/c1-17-13(16)12-8-10(6-7-14-12)9-2-4-11(15)5-3-9/h2-5,10,12,14-15H,6-8H2,1H3/t10-,12+/m0/s1. The van der Waals surface area contributed by atoms with Crippen LogP contribution in [0.3, 0.4) is 0 Å². The van der Waals surface area contributed by atoms with E-state index in [1.54, 1.807) is 12.1 Å². The van der Waals surface area contributed by atoms with Gasteiger partial charge in [-0.05, 0) is 43.0 Å². The molecule has 1 saturated heterocycles. The van der Waals surface area contributed by atoms with E-state index < -0.39 is 0 Å². The monoisotopic (exact) mass is 235 g/mol. The van der Waals surface area contributed by atoms with Crippen LogP contribution in [-0.2, 0) is 9.53 Å². The average Bonchev–Trinajstić information content (AvgIpc) is 2.39. The van der Waals surface area contributed by atoms with E-state index in [4.69, 9.17) is 4.74 Å². The summed E-state index contributed by atoms with van der Waals surface area (Å²) in [5, 5.41) is 12.4. The van der Waals surface area contributed by atoms with Gasteiger partial charge in [0, 0.05) is 0 Å². The van der Waals surface area contributed by atoms with Crippen molar-refractivity contribution in [3.8, 4) is 5.75 Å². The normalized spacial score (nSPS) is 24.3. The van der Waals surface area contributed by atoms with E-state index in [1.807, 2.05) is 12.1 Å². The molecule has 17 heavy (non-hydrogen) atoms. The van der Waals surface area contributed by atoms with Gasteiger partial charge >= 0.3 is 5.97 Å². The number of ether oxygens (including phenoxy) is 1. The van der Waals surface area contributed by atoms with Gasteiger partial charge in [-0.15, -0.1) is 0 Å². The molecule has 1 fully saturated rings. The number of rotatable bonds is 2. The Balaban J connectivity index is 2.06. The number of benzene rings is 1. The molecule has 1 aliphatic heterocycles. The highest BCUT2D eigenvalue weighted by Gasteiger charge is 2.28. The predicted octanol–water partition coefficient (Wildman–Crippen LogP) is 1.40. The van der Waals surface area contributed by atoms with Crippen molar-refractivity contribution < 1.29 is 14.6 Å². The number of methoxy groups -OCH3 is 1. The second kappa shape index (κ2) is 5.19. The molecule has 2 atom stereocenters. The fraction of sp³-hybridized carbons (Fsp3) is 0.462. The van der Waals surface area contributed by atoms with Gasteiger partial charge in [-0.3, -0.25) is 4.79 Å². The molecule has 92 valence electrons. The fourth-order valence-corrected chi connectivity index (χ4v) is 2.29. The summed E-state index contributed by atoms with van der Waals surface area (Å²) >= 11 is 0. The number of carbonyl (C=O) groups is 1. The van der Waals surface area contributed by atoms with E-state index in [2.05, 4.69) is 5.32 Å². The van der Waals surface area contributed by atoms with E-state index in [1.165, 1.54) is 12.7 Å². The number of aromatic hydroxyl groups is 1. The molecule has 1 aromatic carbocycles. The first-order valence-electron chi connectivity index (χ1n) is 5.81. The van der Waals surface area contributed by atoms with Crippen molar-refractivity contribution in [2.75, 3.05) is 13.7 Å². The molecule has 0 saturated carbocycles. The van der Waals surface area contributed by atoms with Gasteiger partial charge in [0.2, 0.25) is 0 Å². The molecule has 2 N–H and O–H groups in total. The SMILES string of the molecule is COC(=O)[C@H]1C[C@@H](c2ccc(O)cc2)CCN1. The van der Waals surface area contributed by atoms with Crippen molar-refractivity contribution in [2.45, 2.75) is 24.8 Å². The minimum Gasteiger partial charge on any atom is -0.508 e. The lowest BCUT2D eigenvalue weighted by molar-refractivity contribution is -0.143. The Hall–Kier alpha value is -1.55. The number of phenols is 1. The Kier molecular flexibility index (Phi) is 3.64. The molecule has 0 unspecified atom stereocenters. The molecule has 1 heterocycles. The number of phenolic OH excluding ortho intramolecular Hbond substituents is 1. The van der Waals surface area contributed by atoms with Crippen molar-refractivity contribution in [1.29, 1.82) is 0 Å². The zero-order valence-electron chi connectivity index (χ0n) is 9.85. The maximum absolute atomic E-state index is 11.5. The summed E-state index contributed by atoms with van der Waals surface area (Å²) in [6.07, 6.45) is 1.75. The minimum atomic E-state index is -0.215. The second-order valence-electron chi connectivity index (χ2n) is 4.34. The first-order chi connectivity index (χ1) is 8.20. The lowest BCUT2D eigenvalue weighted by atomic mass is 9.86. The topological polar surface area (TPSA) is 58.6 Å². The average molecular weight is 235 g/mol. The fourth-order valence-electron chi connectivity index (χ4n) is 2.29. The zero-order chi connectivity index (χ0) is 12.3. The molecule has 1 aromatic rings. The van der Waals surface area contributed by atoms with Crippen molar-refractivity contribution in [3.63, 3.8) is 0 Å². The largest absolute Gasteiger partial charge is 0.508 e. The summed E-state index contributed by atoms with van der Waals surface area (Å²) in [4.78, 5) is 11.5. The molecular formula is C13H17NO3. The van der Waals surface area contributed by atoms with Crippen molar-refractivity contribution >= 4 is 5.97 Å². The van der Waals surface area contributed by atoms with Crippen LogP contribution in [0.15, 0.2) is 24.3 Å². The Morgan fingerprint density at radius 1 is 1.41 bits per heavy atom. The molecule has 2 rings (SSSR count). The highest BCUT2D eigenvalue weighted by molar-refractivity contribution is 5.75. The minimum absolute atomic E-state index is 0.200. The Morgan fingerprint density at radius 3 is 2.76 bits per heavy atom. The molecule has 1 aliphatic rings. The van der Waals surface area contributed by atoms with Gasteiger partial charge in [0.05, 0.1) is 7.11 Å². The molecule has 0 radical (unpaired) electrons. The maximum Gasteiger partial charge on any atom is 0.322 e. The zero-order valence-corrected chi connectivity index (χ0v) is 9.85. The van der Waals surface area contributed by atoms with E-state index in [0.717, 1.165) is 19.4 Å².